The van der Waals surface area contributed by atoms with Crippen LogP contribution in [-0.4, -0.2) is 51.9 Å². The number of carbonyl (C=O) groups excluding carboxylic acids is 2. The summed E-state index contributed by atoms with van der Waals surface area (Å²) >= 11 is 12.9. The predicted octanol–water partition coefficient (Wildman–Crippen LogP) is 5.94. The fourth-order valence-corrected chi connectivity index (χ4v) is 4.58. The van der Waals surface area contributed by atoms with Crippen molar-refractivity contribution in [2.24, 2.45) is 0 Å². The first-order valence-electron chi connectivity index (χ1n) is 12.5. The van der Waals surface area contributed by atoms with Crippen molar-refractivity contribution in [2.75, 3.05) is 36.1 Å². The fraction of sp³-hybridized carbons (Fsp3) is 0.185. The summed E-state index contributed by atoms with van der Waals surface area (Å²) in [4.78, 5) is 43.1. The van der Waals surface area contributed by atoms with E-state index in [1.54, 1.807) is 48.4 Å². The molecule has 3 heterocycles. The smallest absolute Gasteiger partial charge is 0.324 e. The summed E-state index contributed by atoms with van der Waals surface area (Å²) in [5.41, 5.74) is 0.401. The first-order valence-corrected chi connectivity index (χ1v) is 13.3. The Bertz CT molecular complexity index is 1630. The maximum Gasteiger partial charge on any atom is 0.324 e. The second-order valence-corrected chi connectivity index (χ2v) is 9.72. The van der Waals surface area contributed by atoms with Crippen LogP contribution in [0.5, 0.6) is 17.2 Å². The standard InChI is InChI=1S/C27H25Cl2N7O5/c1-40-17-6-4-16(5-7-17)36-22(15-23(37)34-36)33-26(38)31-19-8-9-20(25(29)24(19)28)41-18-10-11-30-21(14-18)32-27(39)35-12-2-3-13-35/h4-11,14-15H,2-3,12-13H2,1H3,(H,34,37)(H,30,32,39)(H2,31,33,38). The molecule has 0 unspecified atom stereocenters. The van der Waals surface area contributed by atoms with Gasteiger partial charge in [0, 0.05) is 31.4 Å². The highest BCUT2D eigenvalue weighted by atomic mass is 35.5. The van der Waals surface area contributed by atoms with Gasteiger partial charge in [-0.15, -0.1) is 0 Å². The van der Waals surface area contributed by atoms with Crippen LogP contribution in [0.1, 0.15) is 12.8 Å². The molecule has 12 nitrogen and oxygen atoms in total. The minimum absolute atomic E-state index is 0.0394. The van der Waals surface area contributed by atoms with Crippen LogP contribution in [0.3, 0.4) is 0 Å². The lowest BCUT2D eigenvalue weighted by Crippen LogP contribution is -2.32. The average Bonchev–Trinajstić information content (AvgIpc) is 3.63. The number of hydrogen-bond donors (Lipinski definition) is 4. The number of nitrogens with zero attached hydrogens (tertiary/aromatic N) is 3. The van der Waals surface area contributed by atoms with Gasteiger partial charge in [-0.2, -0.15) is 0 Å². The van der Waals surface area contributed by atoms with E-state index in [-0.39, 0.29) is 33.3 Å². The van der Waals surface area contributed by atoms with Gasteiger partial charge >= 0.3 is 12.1 Å². The molecule has 4 N–H and O–H groups in total. The van der Waals surface area contributed by atoms with Crippen LogP contribution in [0.15, 0.2) is 65.6 Å². The van der Waals surface area contributed by atoms with Crippen molar-refractivity contribution >= 4 is 52.6 Å². The van der Waals surface area contributed by atoms with Crippen molar-refractivity contribution < 1.29 is 19.1 Å². The van der Waals surface area contributed by atoms with Gasteiger partial charge in [0.2, 0.25) is 0 Å². The van der Waals surface area contributed by atoms with E-state index < -0.39 is 11.6 Å². The van der Waals surface area contributed by atoms with E-state index in [9.17, 15) is 14.4 Å². The number of methoxy groups -OCH3 is 1. The van der Waals surface area contributed by atoms with Gasteiger partial charge in [-0.25, -0.2) is 19.3 Å². The number of nitrogens with one attached hydrogen (secondary N) is 4. The van der Waals surface area contributed by atoms with Gasteiger partial charge in [0.15, 0.2) is 0 Å². The van der Waals surface area contributed by atoms with Gasteiger partial charge in [0.1, 0.15) is 33.9 Å². The zero-order valence-corrected chi connectivity index (χ0v) is 23.3. The summed E-state index contributed by atoms with van der Waals surface area (Å²) in [6.07, 6.45) is 3.45. The Morgan fingerprint density at radius 1 is 0.927 bits per heavy atom. The molecule has 4 aromatic rings. The topological polar surface area (TPSA) is 143 Å². The van der Waals surface area contributed by atoms with Crippen LogP contribution in [0.4, 0.5) is 26.9 Å². The van der Waals surface area contributed by atoms with Gasteiger partial charge in [0.05, 0.1) is 23.5 Å². The molecular formula is C27H25Cl2N7O5. The molecule has 0 spiro atoms. The molecule has 1 aliphatic rings. The minimum atomic E-state index is -0.662. The molecule has 1 fully saturated rings. The molecule has 0 atom stereocenters. The van der Waals surface area contributed by atoms with Gasteiger partial charge in [-0.3, -0.25) is 20.5 Å². The van der Waals surface area contributed by atoms with Crippen molar-refractivity contribution in [3.8, 4) is 22.9 Å². The van der Waals surface area contributed by atoms with E-state index in [1.807, 2.05) is 0 Å². The average molecular weight is 598 g/mol. The summed E-state index contributed by atoms with van der Waals surface area (Å²) < 4.78 is 12.5. The van der Waals surface area contributed by atoms with Gasteiger partial charge in [-0.1, -0.05) is 23.2 Å². The Balaban J connectivity index is 1.25. The summed E-state index contributed by atoms with van der Waals surface area (Å²) in [7, 11) is 1.55. The summed E-state index contributed by atoms with van der Waals surface area (Å²) in [5.74, 6) is 1.77. The van der Waals surface area contributed by atoms with Crippen LogP contribution in [0, 0.1) is 0 Å². The SMILES string of the molecule is COc1ccc(-n2[nH]c(=O)cc2NC(=O)Nc2ccc(Oc3ccnc(NC(=O)N4CCCC4)c3)c(Cl)c2Cl)cc1. The second-order valence-electron chi connectivity index (χ2n) is 8.96. The number of urea groups is 2. The highest BCUT2D eigenvalue weighted by Gasteiger charge is 2.19. The Morgan fingerprint density at radius 3 is 2.41 bits per heavy atom. The third-order valence-electron chi connectivity index (χ3n) is 6.19. The fourth-order valence-electron chi connectivity index (χ4n) is 4.17. The van der Waals surface area contributed by atoms with Crippen molar-refractivity contribution in [1.82, 2.24) is 19.7 Å². The molecule has 0 radical (unpaired) electrons. The number of carbonyl (C=O) groups is 2. The van der Waals surface area contributed by atoms with Crippen molar-refractivity contribution in [1.29, 1.82) is 0 Å². The number of pyridine rings is 1. The number of likely N-dealkylation sites (tertiary alicyclic amines) is 1. The molecule has 41 heavy (non-hydrogen) atoms. The van der Waals surface area contributed by atoms with Crippen molar-refractivity contribution in [2.45, 2.75) is 12.8 Å². The summed E-state index contributed by atoms with van der Waals surface area (Å²) in [6.45, 7) is 1.42. The Hall–Kier alpha value is -4.68. The van der Waals surface area contributed by atoms with E-state index in [1.165, 1.54) is 29.1 Å². The first kappa shape index (κ1) is 27.9. The zero-order valence-electron chi connectivity index (χ0n) is 21.7. The molecule has 1 aliphatic heterocycles. The van der Waals surface area contributed by atoms with Crippen LogP contribution in [0.2, 0.25) is 10.0 Å². The molecule has 0 aliphatic carbocycles. The number of rotatable bonds is 7. The maximum absolute atomic E-state index is 12.8. The molecule has 2 aromatic carbocycles. The number of aromatic amines is 1. The Labute approximate surface area is 244 Å². The number of halogens is 2. The van der Waals surface area contributed by atoms with E-state index in [0.717, 1.165) is 12.8 Å². The lowest BCUT2D eigenvalue weighted by atomic mass is 10.3. The summed E-state index contributed by atoms with van der Waals surface area (Å²) in [5, 5.41) is 10.7. The number of H-pyrrole nitrogens is 1. The lowest BCUT2D eigenvalue weighted by molar-refractivity contribution is 0.222. The molecule has 0 bridgehead atoms. The van der Waals surface area contributed by atoms with Crippen molar-refractivity contribution in [3.05, 3.63) is 81.2 Å². The number of benzene rings is 2. The highest BCUT2D eigenvalue weighted by Crippen LogP contribution is 2.39. The number of ether oxygens (including phenoxy) is 2. The third kappa shape index (κ3) is 6.56. The molecule has 14 heteroatoms. The second kappa shape index (κ2) is 12.2. The molecule has 0 saturated carbocycles. The zero-order chi connectivity index (χ0) is 28.9. The van der Waals surface area contributed by atoms with Crippen LogP contribution < -0.4 is 31.0 Å². The van der Waals surface area contributed by atoms with E-state index in [4.69, 9.17) is 32.7 Å². The van der Waals surface area contributed by atoms with Crippen LogP contribution in [-0.2, 0) is 0 Å². The Morgan fingerprint density at radius 2 is 1.68 bits per heavy atom. The predicted molar refractivity (Wildman–Crippen MR) is 156 cm³/mol. The molecule has 1 saturated heterocycles. The first-order chi connectivity index (χ1) is 19.8. The lowest BCUT2D eigenvalue weighted by Gasteiger charge is -2.16. The minimum Gasteiger partial charge on any atom is -0.497 e. The largest absolute Gasteiger partial charge is 0.497 e. The van der Waals surface area contributed by atoms with Crippen LogP contribution >= 0.6 is 23.2 Å². The number of aromatic nitrogens is 3. The van der Waals surface area contributed by atoms with E-state index >= 15 is 0 Å². The molecule has 4 amide bonds. The molecule has 212 valence electrons. The third-order valence-corrected chi connectivity index (χ3v) is 7.05. The van der Waals surface area contributed by atoms with Gasteiger partial charge in [0.25, 0.3) is 5.56 Å². The quantitative estimate of drug-likeness (QED) is 0.207. The molecule has 5 rings (SSSR count). The van der Waals surface area contributed by atoms with E-state index in [2.05, 4.69) is 26.0 Å². The normalized spacial score (nSPS) is 12.6. The van der Waals surface area contributed by atoms with Gasteiger partial charge < -0.3 is 19.7 Å². The number of anilines is 3. The number of hydrogen-bond acceptors (Lipinski definition) is 6. The van der Waals surface area contributed by atoms with Gasteiger partial charge in [-0.05, 0) is 55.3 Å². The van der Waals surface area contributed by atoms with Crippen molar-refractivity contribution in [3.63, 3.8) is 0 Å². The highest BCUT2D eigenvalue weighted by molar-refractivity contribution is 6.45. The molecular weight excluding hydrogens is 573 g/mol. The number of amides is 4. The maximum atomic E-state index is 12.8. The van der Waals surface area contributed by atoms with Crippen LogP contribution in [0.25, 0.3) is 5.69 Å². The Kier molecular flexibility index (Phi) is 8.31. The monoisotopic (exact) mass is 597 g/mol. The summed E-state index contributed by atoms with van der Waals surface area (Å²) in [6, 6.07) is 13.5. The molecule has 2 aromatic heterocycles. The van der Waals surface area contributed by atoms with E-state index in [0.29, 0.717) is 36.1 Å².